The van der Waals surface area contributed by atoms with Gasteiger partial charge in [0.2, 0.25) is 5.79 Å². The van der Waals surface area contributed by atoms with E-state index in [2.05, 4.69) is 0 Å². The van der Waals surface area contributed by atoms with Crippen LogP contribution in [0.5, 0.6) is 0 Å². The second-order valence-electron chi connectivity index (χ2n) is 6.20. The first kappa shape index (κ1) is 17.6. The van der Waals surface area contributed by atoms with Crippen molar-refractivity contribution in [3.8, 4) is 0 Å². The highest BCUT2D eigenvalue weighted by molar-refractivity contribution is 5.72. The molecule has 25 heavy (non-hydrogen) atoms. The molecule has 0 unspecified atom stereocenters. The zero-order chi connectivity index (χ0) is 17.8. The third-order valence-corrected chi connectivity index (χ3v) is 4.31. The lowest BCUT2D eigenvalue weighted by Crippen LogP contribution is -2.62. The number of cyclic esters (lactones) is 1. The van der Waals surface area contributed by atoms with E-state index >= 15 is 0 Å². The molecule has 132 valence electrons. The number of benzene rings is 2. The Morgan fingerprint density at radius 2 is 1.32 bits per heavy atom. The van der Waals surface area contributed by atoms with Crippen LogP contribution in [0, 0.1) is 0 Å². The van der Waals surface area contributed by atoms with E-state index < -0.39 is 17.5 Å². The Kier molecular flexibility index (Phi) is 5.18. The molecule has 0 aromatic heterocycles. The Hall–Kier alpha value is -2.21. The molecule has 0 radical (unpaired) electrons. The fourth-order valence-electron chi connectivity index (χ4n) is 2.59. The molecular weight excluding hydrogens is 320 g/mol. The highest BCUT2D eigenvalue weighted by Gasteiger charge is 2.55. The van der Waals surface area contributed by atoms with Gasteiger partial charge < -0.3 is 18.9 Å². The van der Waals surface area contributed by atoms with Gasteiger partial charge in [0.25, 0.3) is 5.79 Å². The van der Waals surface area contributed by atoms with Crippen LogP contribution < -0.4 is 0 Å². The van der Waals surface area contributed by atoms with Gasteiger partial charge in [-0.25, -0.2) is 4.79 Å². The van der Waals surface area contributed by atoms with Gasteiger partial charge in [-0.2, -0.15) is 0 Å². The highest BCUT2D eigenvalue weighted by atomic mass is 16.8. The molecule has 0 spiro atoms. The number of rotatable bonds is 6. The van der Waals surface area contributed by atoms with E-state index in [1.54, 1.807) is 13.8 Å². The van der Waals surface area contributed by atoms with Crippen molar-refractivity contribution in [2.45, 2.75) is 38.6 Å². The zero-order valence-corrected chi connectivity index (χ0v) is 14.4. The van der Waals surface area contributed by atoms with Crippen LogP contribution in [0.4, 0.5) is 0 Å². The minimum Gasteiger partial charge on any atom is -0.426 e. The topological polar surface area (TPSA) is 54.0 Å². The second-order valence-corrected chi connectivity index (χ2v) is 6.20. The van der Waals surface area contributed by atoms with Crippen LogP contribution in [0.1, 0.15) is 25.0 Å². The average Bonchev–Trinajstić information content (AvgIpc) is 2.64. The summed E-state index contributed by atoms with van der Waals surface area (Å²) in [6.07, 6.45) is 0. The van der Waals surface area contributed by atoms with Gasteiger partial charge in [0.1, 0.15) is 6.61 Å². The highest BCUT2D eigenvalue weighted by Crippen LogP contribution is 2.37. The van der Waals surface area contributed by atoms with Crippen LogP contribution in [-0.2, 0) is 37.0 Å². The molecule has 1 saturated heterocycles. The summed E-state index contributed by atoms with van der Waals surface area (Å²) in [5, 5.41) is 0. The first-order valence-electron chi connectivity index (χ1n) is 8.22. The first-order chi connectivity index (χ1) is 12.0. The van der Waals surface area contributed by atoms with Crippen LogP contribution in [0.25, 0.3) is 0 Å². The van der Waals surface area contributed by atoms with E-state index in [0.29, 0.717) is 6.61 Å². The molecule has 1 heterocycles. The SMILES string of the molecule is C[C@@]1(OCc2ccccc2)OCC(=O)O[C@@]1(C)OCc1ccccc1. The maximum Gasteiger partial charge on any atom is 0.334 e. The molecule has 0 saturated carbocycles. The van der Waals surface area contributed by atoms with Crippen LogP contribution >= 0.6 is 0 Å². The maximum atomic E-state index is 11.8. The quantitative estimate of drug-likeness (QED) is 0.753. The smallest absolute Gasteiger partial charge is 0.334 e. The van der Waals surface area contributed by atoms with E-state index in [0.717, 1.165) is 11.1 Å². The number of hydrogen-bond donors (Lipinski definition) is 0. The molecule has 1 fully saturated rings. The van der Waals surface area contributed by atoms with Crippen LogP contribution in [0.3, 0.4) is 0 Å². The van der Waals surface area contributed by atoms with Crippen molar-refractivity contribution >= 4 is 5.97 Å². The molecule has 0 amide bonds. The molecule has 5 heteroatoms. The third kappa shape index (κ3) is 4.07. The minimum absolute atomic E-state index is 0.171. The molecule has 2 aromatic carbocycles. The van der Waals surface area contributed by atoms with Gasteiger partial charge >= 0.3 is 5.97 Å². The van der Waals surface area contributed by atoms with Crippen molar-refractivity contribution in [3.63, 3.8) is 0 Å². The van der Waals surface area contributed by atoms with Gasteiger partial charge in [-0.3, -0.25) is 0 Å². The lowest BCUT2D eigenvalue weighted by Gasteiger charge is -2.46. The van der Waals surface area contributed by atoms with Crippen molar-refractivity contribution in [2.24, 2.45) is 0 Å². The summed E-state index contributed by atoms with van der Waals surface area (Å²) in [6.45, 7) is 3.82. The zero-order valence-electron chi connectivity index (χ0n) is 14.4. The Morgan fingerprint density at radius 1 is 0.840 bits per heavy atom. The molecule has 1 aliphatic rings. The number of carbonyl (C=O) groups excluding carboxylic acids is 1. The molecular formula is C20H22O5. The largest absolute Gasteiger partial charge is 0.426 e. The number of hydrogen-bond acceptors (Lipinski definition) is 5. The monoisotopic (exact) mass is 342 g/mol. The lowest BCUT2D eigenvalue weighted by molar-refractivity contribution is -0.409. The van der Waals surface area contributed by atoms with Crippen LogP contribution in [0.2, 0.25) is 0 Å². The summed E-state index contributed by atoms with van der Waals surface area (Å²) >= 11 is 0. The molecule has 1 aliphatic heterocycles. The van der Waals surface area contributed by atoms with Crippen molar-refractivity contribution in [1.29, 1.82) is 0 Å². The van der Waals surface area contributed by atoms with Gasteiger partial charge in [0, 0.05) is 6.92 Å². The predicted octanol–water partition coefficient (Wildman–Crippen LogP) is 3.43. The van der Waals surface area contributed by atoms with Crippen LogP contribution in [0.15, 0.2) is 60.7 Å². The van der Waals surface area contributed by atoms with E-state index in [9.17, 15) is 4.79 Å². The number of ether oxygens (including phenoxy) is 4. The van der Waals surface area contributed by atoms with Gasteiger partial charge in [-0.1, -0.05) is 60.7 Å². The average molecular weight is 342 g/mol. The van der Waals surface area contributed by atoms with E-state index in [1.165, 1.54) is 0 Å². The van der Waals surface area contributed by atoms with Crippen LogP contribution in [-0.4, -0.2) is 24.2 Å². The molecule has 0 bridgehead atoms. The van der Waals surface area contributed by atoms with Crippen molar-refractivity contribution in [3.05, 3.63) is 71.8 Å². The predicted molar refractivity (Wildman–Crippen MR) is 91.3 cm³/mol. The summed E-state index contributed by atoms with van der Waals surface area (Å²) in [5.41, 5.74) is 1.96. The van der Waals surface area contributed by atoms with Gasteiger partial charge in [0.05, 0.1) is 13.2 Å². The van der Waals surface area contributed by atoms with Crippen molar-refractivity contribution in [2.75, 3.05) is 6.61 Å². The molecule has 0 aliphatic carbocycles. The fraction of sp³-hybridized carbons (Fsp3) is 0.350. The van der Waals surface area contributed by atoms with E-state index in [-0.39, 0.29) is 13.2 Å². The molecule has 2 aromatic rings. The standard InChI is InChI=1S/C20H22O5/c1-19(22-13-16-9-5-3-6-10-16)20(2,25-18(21)15-24-19)23-14-17-11-7-4-8-12-17/h3-12H,13-15H2,1-2H3/t19-,20-/m1/s1. The molecule has 2 atom stereocenters. The van der Waals surface area contributed by atoms with E-state index in [4.69, 9.17) is 18.9 Å². The summed E-state index contributed by atoms with van der Waals surface area (Å²) in [5.74, 6) is -3.05. The summed E-state index contributed by atoms with van der Waals surface area (Å²) in [6, 6.07) is 19.4. The van der Waals surface area contributed by atoms with Gasteiger partial charge in [-0.15, -0.1) is 0 Å². The van der Waals surface area contributed by atoms with Gasteiger partial charge in [-0.05, 0) is 18.1 Å². The Labute approximate surface area is 147 Å². The Morgan fingerprint density at radius 3 is 1.84 bits per heavy atom. The minimum atomic E-state index is -1.35. The Balaban J connectivity index is 1.73. The number of esters is 1. The molecule has 0 N–H and O–H groups in total. The summed E-state index contributed by atoms with van der Waals surface area (Å²) in [4.78, 5) is 11.8. The second kappa shape index (κ2) is 7.35. The molecule has 3 rings (SSSR count). The van der Waals surface area contributed by atoms with E-state index in [1.807, 2.05) is 60.7 Å². The van der Waals surface area contributed by atoms with Crippen molar-refractivity contribution < 1.29 is 23.7 Å². The van der Waals surface area contributed by atoms with Crippen molar-refractivity contribution in [1.82, 2.24) is 0 Å². The fourth-order valence-corrected chi connectivity index (χ4v) is 2.59. The normalized spacial score (nSPS) is 26.2. The first-order valence-corrected chi connectivity index (χ1v) is 8.22. The number of carbonyl (C=O) groups is 1. The summed E-state index contributed by atoms with van der Waals surface area (Å²) in [7, 11) is 0. The third-order valence-electron chi connectivity index (χ3n) is 4.31. The lowest BCUT2D eigenvalue weighted by atomic mass is 10.1. The molecule has 5 nitrogen and oxygen atoms in total. The summed E-state index contributed by atoms with van der Waals surface area (Å²) < 4.78 is 23.1. The Bertz CT molecular complexity index is 703. The maximum absolute atomic E-state index is 11.8. The van der Waals surface area contributed by atoms with Gasteiger partial charge in [0.15, 0.2) is 0 Å².